The standard InChI is InChI=1S/C9H11NO3/c10-9(12)7-1-3-8(4-2-7)13-6-5-11/h1-4,11H,5-6H2,(H2,10,12). The lowest BCUT2D eigenvalue weighted by atomic mass is 10.2. The summed E-state index contributed by atoms with van der Waals surface area (Å²) in [5.41, 5.74) is 5.49. The second-order valence-corrected chi connectivity index (χ2v) is 2.46. The van der Waals surface area contributed by atoms with Crippen molar-refractivity contribution in [2.75, 3.05) is 13.2 Å². The lowest BCUT2D eigenvalue weighted by molar-refractivity contribution is 0.1000. The maximum atomic E-state index is 10.7. The number of ether oxygens (including phenoxy) is 1. The van der Waals surface area contributed by atoms with E-state index in [1.807, 2.05) is 0 Å². The molecule has 1 aromatic carbocycles. The van der Waals surface area contributed by atoms with Crippen molar-refractivity contribution in [3.05, 3.63) is 29.8 Å². The van der Waals surface area contributed by atoms with Gasteiger partial charge < -0.3 is 15.6 Å². The first-order chi connectivity index (χ1) is 6.24. The highest BCUT2D eigenvalue weighted by atomic mass is 16.5. The SMILES string of the molecule is NC(=O)c1ccc(OCCO)cc1. The average Bonchev–Trinajstić information content (AvgIpc) is 2.15. The van der Waals surface area contributed by atoms with E-state index in [9.17, 15) is 4.79 Å². The number of amides is 1. The van der Waals surface area contributed by atoms with Gasteiger partial charge in [0, 0.05) is 5.56 Å². The summed E-state index contributed by atoms with van der Waals surface area (Å²) < 4.78 is 5.09. The van der Waals surface area contributed by atoms with E-state index < -0.39 is 5.91 Å². The van der Waals surface area contributed by atoms with E-state index in [-0.39, 0.29) is 13.2 Å². The number of carbonyl (C=O) groups excluding carboxylic acids is 1. The van der Waals surface area contributed by atoms with Gasteiger partial charge in [-0.3, -0.25) is 4.79 Å². The van der Waals surface area contributed by atoms with Crippen molar-refractivity contribution in [2.45, 2.75) is 0 Å². The van der Waals surface area contributed by atoms with Crippen molar-refractivity contribution in [1.29, 1.82) is 0 Å². The number of rotatable bonds is 4. The van der Waals surface area contributed by atoms with E-state index in [2.05, 4.69) is 0 Å². The molecular formula is C9H11NO3. The van der Waals surface area contributed by atoms with Crippen LogP contribution in [0.2, 0.25) is 0 Å². The molecule has 1 aromatic rings. The van der Waals surface area contributed by atoms with Gasteiger partial charge in [-0.15, -0.1) is 0 Å². The van der Waals surface area contributed by atoms with E-state index in [1.54, 1.807) is 24.3 Å². The highest BCUT2D eigenvalue weighted by Gasteiger charge is 1.99. The molecule has 13 heavy (non-hydrogen) atoms. The third-order valence-electron chi connectivity index (χ3n) is 1.50. The minimum Gasteiger partial charge on any atom is -0.491 e. The molecule has 0 radical (unpaired) electrons. The van der Waals surface area contributed by atoms with Crippen LogP contribution >= 0.6 is 0 Å². The third kappa shape index (κ3) is 2.76. The van der Waals surface area contributed by atoms with Gasteiger partial charge in [-0.05, 0) is 24.3 Å². The topological polar surface area (TPSA) is 72.6 Å². The largest absolute Gasteiger partial charge is 0.491 e. The van der Waals surface area contributed by atoms with Crippen molar-refractivity contribution in [2.24, 2.45) is 5.73 Å². The molecule has 0 aromatic heterocycles. The molecule has 70 valence electrons. The Kier molecular flexibility index (Phi) is 3.28. The van der Waals surface area contributed by atoms with Gasteiger partial charge in [0.2, 0.25) is 5.91 Å². The van der Waals surface area contributed by atoms with Gasteiger partial charge in [0.05, 0.1) is 6.61 Å². The molecule has 0 unspecified atom stereocenters. The number of nitrogens with two attached hydrogens (primary N) is 1. The molecule has 0 aliphatic heterocycles. The van der Waals surface area contributed by atoms with E-state index >= 15 is 0 Å². The summed E-state index contributed by atoms with van der Waals surface area (Å²) in [5, 5.41) is 8.47. The first-order valence-electron chi connectivity index (χ1n) is 3.87. The Morgan fingerprint density at radius 2 is 2.00 bits per heavy atom. The molecule has 1 amide bonds. The van der Waals surface area contributed by atoms with E-state index in [1.165, 1.54) is 0 Å². The molecule has 0 aliphatic rings. The molecule has 0 atom stereocenters. The molecule has 0 saturated heterocycles. The summed E-state index contributed by atoms with van der Waals surface area (Å²) in [6, 6.07) is 6.43. The monoisotopic (exact) mass is 181 g/mol. The molecule has 0 heterocycles. The number of aliphatic hydroxyl groups is 1. The van der Waals surface area contributed by atoms with Gasteiger partial charge in [-0.1, -0.05) is 0 Å². The first-order valence-corrected chi connectivity index (χ1v) is 3.87. The Balaban J connectivity index is 2.64. The third-order valence-corrected chi connectivity index (χ3v) is 1.50. The van der Waals surface area contributed by atoms with E-state index in [4.69, 9.17) is 15.6 Å². The average molecular weight is 181 g/mol. The number of carbonyl (C=O) groups is 1. The maximum absolute atomic E-state index is 10.7. The van der Waals surface area contributed by atoms with Crippen LogP contribution in [-0.4, -0.2) is 24.2 Å². The lowest BCUT2D eigenvalue weighted by Crippen LogP contribution is -2.10. The van der Waals surface area contributed by atoms with Gasteiger partial charge in [-0.25, -0.2) is 0 Å². The number of hydrogen-bond acceptors (Lipinski definition) is 3. The summed E-state index contributed by atoms with van der Waals surface area (Å²) >= 11 is 0. The van der Waals surface area contributed by atoms with E-state index in [0.29, 0.717) is 11.3 Å². The van der Waals surface area contributed by atoms with Crippen molar-refractivity contribution in [3.8, 4) is 5.75 Å². The lowest BCUT2D eigenvalue weighted by Gasteiger charge is -2.03. The second kappa shape index (κ2) is 4.47. The maximum Gasteiger partial charge on any atom is 0.248 e. The number of primary amides is 1. The minimum absolute atomic E-state index is 0.0302. The fraction of sp³-hybridized carbons (Fsp3) is 0.222. The Labute approximate surface area is 75.9 Å². The summed E-state index contributed by atoms with van der Waals surface area (Å²) in [5.74, 6) is 0.146. The van der Waals surface area contributed by atoms with Crippen LogP contribution in [0.3, 0.4) is 0 Å². The molecule has 4 nitrogen and oxygen atoms in total. The summed E-state index contributed by atoms with van der Waals surface area (Å²) in [4.78, 5) is 10.7. The van der Waals surface area contributed by atoms with E-state index in [0.717, 1.165) is 0 Å². The molecular weight excluding hydrogens is 170 g/mol. The van der Waals surface area contributed by atoms with Crippen LogP contribution in [0.25, 0.3) is 0 Å². The van der Waals surface area contributed by atoms with Gasteiger partial charge in [0.1, 0.15) is 12.4 Å². The van der Waals surface area contributed by atoms with Gasteiger partial charge >= 0.3 is 0 Å². The number of aliphatic hydroxyl groups excluding tert-OH is 1. The van der Waals surface area contributed by atoms with Gasteiger partial charge in [0.15, 0.2) is 0 Å². The Morgan fingerprint density at radius 1 is 1.38 bits per heavy atom. The fourth-order valence-corrected chi connectivity index (χ4v) is 0.879. The van der Waals surface area contributed by atoms with Crippen molar-refractivity contribution >= 4 is 5.91 Å². The van der Waals surface area contributed by atoms with Crippen molar-refractivity contribution in [3.63, 3.8) is 0 Å². The van der Waals surface area contributed by atoms with Crippen LogP contribution in [0, 0.1) is 0 Å². The van der Waals surface area contributed by atoms with Gasteiger partial charge in [0.25, 0.3) is 0 Å². The summed E-state index contributed by atoms with van der Waals surface area (Å²) in [7, 11) is 0. The quantitative estimate of drug-likeness (QED) is 0.694. The molecule has 4 heteroatoms. The zero-order chi connectivity index (χ0) is 9.68. The fourth-order valence-electron chi connectivity index (χ4n) is 0.879. The molecule has 0 fully saturated rings. The predicted octanol–water partition coefficient (Wildman–Crippen LogP) is 0.157. The van der Waals surface area contributed by atoms with Crippen LogP contribution in [0.1, 0.15) is 10.4 Å². The minimum atomic E-state index is -0.464. The van der Waals surface area contributed by atoms with Crippen LogP contribution in [0.15, 0.2) is 24.3 Å². The highest BCUT2D eigenvalue weighted by molar-refractivity contribution is 5.92. The van der Waals surface area contributed by atoms with Crippen LogP contribution in [0.5, 0.6) is 5.75 Å². The molecule has 1 rings (SSSR count). The molecule has 0 bridgehead atoms. The zero-order valence-corrected chi connectivity index (χ0v) is 7.06. The molecule has 0 spiro atoms. The Bertz CT molecular complexity index is 281. The summed E-state index contributed by atoms with van der Waals surface area (Å²) in [6.07, 6.45) is 0. The van der Waals surface area contributed by atoms with Crippen LogP contribution < -0.4 is 10.5 Å². The number of hydrogen-bond donors (Lipinski definition) is 2. The predicted molar refractivity (Wildman–Crippen MR) is 47.5 cm³/mol. The van der Waals surface area contributed by atoms with Crippen LogP contribution in [-0.2, 0) is 0 Å². The molecule has 0 saturated carbocycles. The number of benzene rings is 1. The highest BCUT2D eigenvalue weighted by Crippen LogP contribution is 2.11. The first kappa shape index (κ1) is 9.54. The van der Waals surface area contributed by atoms with Crippen LogP contribution in [0.4, 0.5) is 0 Å². The molecule has 0 aliphatic carbocycles. The Hall–Kier alpha value is -1.55. The normalized spacial score (nSPS) is 9.62. The zero-order valence-electron chi connectivity index (χ0n) is 7.06. The van der Waals surface area contributed by atoms with Crippen molar-refractivity contribution in [1.82, 2.24) is 0 Å². The smallest absolute Gasteiger partial charge is 0.248 e. The van der Waals surface area contributed by atoms with Crippen molar-refractivity contribution < 1.29 is 14.6 Å². The molecule has 3 N–H and O–H groups in total. The summed E-state index contributed by atoms with van der Waals surface area (Å²) in [6.45, 7) is 0.216. The van der Waals surface area contributed by atoms with Gasteiger partial charge in [-0.2, -0.15) is 0 Å². The second-order valence-electron chi connectivity index (χ2n) is 2.46. The Morgan fingerprint density at radius 3 is 2.46 bits per heavy atom.